The van der Waals surface area contributed by atoms with Crippen molar-refractivity contribution in [2.24, 2.45) is 0 Å². The fourth-order valence-corrected chi connectivity index (χ4v) is 2.87. The molecule has 3 aromatic rings. The van der Waals surface area contributed by atoms with Crippen molar-refractivity contribution in [2.75, 3.05) is 6.61 Å². The first-order valence-corrected chi connectivity index (χ1v) is 7.37. The molecule has 0 radical (unpaired) electrons. The molecule has 2 heterocycles. The molecule has 0 amide bonds. The number of hydrogen-bond donors (Lipinski definition) is 0. The fraction of sp³-hybridized carbons (Fsp3) is 0.125. The molecule has 2 aromatic heterocycles. The van der Waals surface area contributed by atoms with Crippen LogP contribution in [0.5, 0.6) is 0 Å². The highest BCUT2D eigenvalue weighted by Gasteiger charge is 2.23. The lowest BCUT2D eigenvalue weighted by Gasteiger charge is -2.07. The summed E-state index contributed by atoms with van der Waals surface area (Å²) in [6, 6.07) is 10.8. The molecule has 3 rings (SSSR count). The van der Waals surface area contributed by atoms with E-state index >= 15 is 0 Å². The van der Waals surface area contributed by atoms with Crippen molar-refractivity contribution in [1.82, 2.24) is 0 Å². The summed E-state index contributed by atoms with van der Waals surface area (Å²) in [6.45, 7) is 1.90. The van der Waals surface area contributed by atoms with Crippen LogP contribution in [0.2, 0.25) is 0 Å². The van der Waals surface area contributed by atoms with Crippen LogP contribution in [0.25, 0.3) is 21.6 Å². The molecule has 0 aliphatic heterocycles. The predicted molar refractivity (Wildman–Crippen MR) is 81.8 cm³/mol. The molecular weight excluding hydrogens is 288 g/mol. The van der Waals surface area contributed by atoms with Crippen molar-refractivity contribution in [3.05, 3.63) is 57.6 Å². The Morgan fingerprint density at radius 1 is 1.24 bits per heavy atom. The van der Waals surface area contributed by atoms with Crippen LogP contribution in [0.4, 0.5) is 0 Å². The van der Waals surface area contributed by atoms with Gasteiger partial charge in [0.2, 0.25) is 5.43 Å². The Hall–Kier alpha value is -2.40. The van der Waals surface area contributed by atoms with Crippen molar-refractivity contribution in [3.63, 3.8) is 0 Å². The molecule has 0 spiro atoms. The Bertz CT molecular complexity index is 846. The first-order chi connectivity index (χ1) is 10.2. The molecule has 0 atom stereocenters. The Balaban J connectivity index is 2.33. The zero-order valence-corrected chi connectivity index (χ0v) is 12.1. The van der Waals surface area contributed by atoms with Crippen LogP contribution in [-0.4, -0.2) is 12.6 Å². The molecule has 5 heteroatoms. The molecule has 1 aromatic carbocycles. The molecule has 0 N–H and O–H groups in total. The fourth-order valence-electron chi connectivity index (χ4n) is 2.10. The highest BCUT2D eigenvalue weighted by Crippen LogP contribution is 2.28. The van der Waals surface area contributed by atoms with Gasteiger partial charge in [0.1, 0.15) is 10.3 Å². The van der Waals surface area contributed by atoms with Crippen LogP contribution in [0.3, 0.4) is 0 Å². The van der Waals surface area contributed by atoms with Gasteiger partial charge >= 0.3 is 5.97 Å². The van der Waals surface area contributed by atoms with Gasteiger partial charge in [0.15, 0.2) is 11.3 Å². The van der Waals surface area contributed by atoms with E-state index in [0.29, 0.717) is 15.8 Å². The normalized spacial score (nSPS) is 10.7. The van der Waals surface area contributed by atoms with E-state index < -0.39 is 5.97 Å². The molecule has 0 aliphatic carbocycles. The van der Waals surface area contributed by atoms with Gasteiger partial charge in [0.05, 0.1) is 6.61 Å². The average molecular weight is 300 g/mol. The third-order valence-corrected chi connectivity index (χ3v) is 3.91. The second-order valence-corrected chi connectivity index (χ2v) is 5.25. The van der Waals surface area contributed by atoms with Crippen molar-refractivity contribution in [1.29, 1.82) is 0 Å². The number of thiophene rings is 1. The minimum absolute atomic E-state index is 0.0435. The van der Waals surface area contributed by atoms with Gasteiger partial charge in [-0.15, -0.1) is 11.3 Å². The van der Waals surface area contributed by atoms with Gasteiger partial charge in [-0.1, -0.05) is 30.3 Å². The number of benzene rings is 1. The van der Waals surface area contributed by atoms with Crippen LogP contribution in [0.15, 0.2) is 51.0 Å². The van der Waals surface area contributed by atoms with Gasteiger partial charge in [-0.25, -0.2) is 4.79 Å². The molecular formula is C16H12O4S. The molecule has 4 nitrogen and oxygen atoms in total. The van der Waals surface area contributed by atoms with E-state index in [1.165, 1.54) is 11.3 Å². The number of carbonyl (C=O) groups excluding carboxylic acids is 1. The van der Waals surface area contributed by atoms with E-state index in [0.717, 1.165) is 0 Å². The number of rotatable bonds is 3. The summed E-state index contributed by atoms with van der Waals surface area (Å²) in [5.74, 6) is -0.398. The van der Waals surface area contributed by atoms with Gasteiger partial charge in [-0.2, -0.15) is 0 Å². The summed E-state index contributed by atoms with van der Waals surface area (Å²) in [4.78, 5) is 24.7. The van der Waals surface area contributed by atoms with Crippen molar-refractivity contribution >= 4 is 27.6 Å². The largest absolute Gasteiger partial charge is 0.462 e. The third kappa shape index (κ3) is 2.36. The lowest BCUT2D eigenvalue weighted by Crippen LogP contribution is -2.18. The molecule has 0 aliphatic rings. The zero-order chi connectivity index (χ0) is 14.8. The van der Waals surface area contributed by atoms with E-state index in [1.807, 2.05) is 18.2 Å². The van der Waals surface area contributed by atoms with Gasteiger partial charge < -0.3 is 9.15 Å². The molecule has 0 fully saturated rings. The Kier molecular flexibility index (Phi) is 3.58. The lowest BCUT2D eigenvalue weighted by molar-refractivity contribution is 0.0524. The maximum absolute atomic E-state index is 12.5. The topological polar surface area (TPSA) is 56.5 Å². The molecule has 0 saturated carbocycles. The first-order valence-electron chi connectivity index (χ1n) is 6.49. The summed E-state index contributed by atoms with van der Waals surface area (Å²) >= 11 is 1.25. The highest BCUT2D eigenvalue weighted by atomic mass is 32.1. The van der Waals surface area contributed by atoms with Crippen molar-refractivity contribution < 1.29 is 13.9 Å². The SMILES string of the molecule is CCOC(=O)c1c(-c2ccccc2)oc2ccsc2c1=O. The number of carbonyl (C=O) groups is 1. The summed E-state index contributed by atoms with van der Waals surface area (Å²) < 4.78 is 11.2. The van der Waals surface area contributed by atoms with E-state index in [9.17, 15) is 9.59 Å². The van der Waals surface area contributed by atoms with Gasteiger partial charge in [0.25, 0.3) is 0 Å². The minimum Gasteiger partial charge on any atom is -0.462 e. The van der Waals surface area contributed by atoms with Crippen LogP contribution >= 0.6 is 11.3 Å². The van der Waals surface area contributed by atoms with Crippen LogP contribution < -0.4 is 5.43 Å². The maximum Gasteiger partial charge on any atom is 0.346 e. The van der Waals surface area contributed by atoms with Gasteiger partial charge in [-0.3, -0.25) is 4.79 Å². The summed E-state index contributed by atoms with van der Waals surface area (Å²) in [7, 11) is 0. The van der Waals surface area contributed by atoms with Crippen LogP contribution in [-0.2, 0) is 4.74 Å². The van der Waals surface area contributed by atoms with Gasteiger partial charge in [-0.05, 0) is 18.4 Å². The van der Waals surface area contributed by atoms with Crippen molar-refractivity contribution in [2.45, 2.75) is 6.92 Å². The van der Waals surface area contributed by atoms with E-state index in [-0.39, 0.29) is 23.4 Å². The summed E-state index contributed by atoms with van der Waals surface area (Å²) in [5.41, 5.74) is 0.768. The quantitative estimate of drug-likeness (QED) is 0.692. The number of hydrogen-bond acceptors (Lipinski definition) is 5. The van der Waals surface area contributed by atoms with Crippen LogP contribution in [0.1, 0.15) is 17.3 Å². The Morgan fingerprint density at radius 2 is 2.00 bits per heavy atom. The number of esters is 1. The maximum atomic E-state index is 12.5. The molecule has 106 valence electrons. The molecule has 0 saturated heterocycles. The van der Waals surface area contributed by atoms with E-state index in [4.69, 9.17) is 9.15 Å². The smallest absolute Gasteiger partial charge is 0.346 e. The number of fused-ring (bicyclic) bond motifs is 1. The standard InChI is InChI=1S/C16H12O4S/c1-2-19-16(18)12-13(17)15-11(8-9-21-15)20-14(12)10-6-4-3-5-7-10/h3-9H,2H2,1H3. The summed E-state index contributed by atoms with van der Waals surface area (Å²) in [5, 5.41) is 1.76. The minimum atomic E-state index is -0.652. The first kappa shape index (κ1) is 13.6. The second kappa shape index (κ2) is 5.54. The monoisotopic (exact) mass is 300 g/mol. The number of ether oxygens (including phenoxy) is 1. The average Bonchev–Trinajstić information content (AvgIpc) is 2.97. The van der Waals surface area contributed by atoms with Crippen molar-refractivity contribution in [3.8, 4) is 11.3 Å². The van der Waals surface area contributed by atoms with Crippen LogP contribution in [0, 0.1) is 0 Å². The van der Waals surface area contributed by atoms with E-state index in [1.54, 1.807) is 30.5 Å². The Morgan fingerprint density at radius 3 is 2.71 bits per heavy atom. The lowest BCUT2D eigenvalue weighted by atomic mass is 10.1. The second-order valence-electron chi connectivity index (χ2n) is 4.34. The third-order valence-electron chi connectivity index (χ3n) is 3.02. The highest BCUT2D eigenvalue weighted by molar-refractivity contribution is 7.17. The zero-order valence-electron chi connectivity index (χ0n) is 11.3. The molecule has 0 unspecified atom stereocenters. The molecule has 21 heavy (non-hydrogen) atoms. The predicted octanol–water partition coefficient (Wildman–Crippen LogP) is 3.70. The molecule has 0 bridgehead atoms. The summed E-state index contributed by atoms with van der Waals surface area (Å²) in [6.07, 6.45) is 0. The van der Waals surface area contributed by atoms with Gasteiger partial charge in [0, 0.05) is 5.56 Å². The Labute approximate surface area is 124 Å². The van der Waals surface area contributed by atoms with E-state index in [2.05, 4.69) is 0 Å².